The monoisotopic (exact) mass is 489 g/mol. The second-order valence-electron chi connectivity index (χ2n) is 9.01. The average molecular weight is 490 g/mol. The predicted molar refractivity (Wildman–Crippen MR) is 131 cm³/mol. The summed E-state index contributed by atoms with van der Waals surface area (Å²) < 4.78 is 7.11. The van der Waals surface area contributed by atoms with Gasteiger partial charge < -0.3 is 14.3 Å². The lowest BCUT2D eigenvalue weighted by Crippen LogP contribution is -2.49. The average Bonchev–Trinajstić information content (AvgIpc) is 3.41. The highest BCUT2D eigenvalue weighted by molar-refractivity contribution is 6.30. The molecule has 10 heteroatoms. The van der Waals surface area contributed by atoms with Gasteiger partial charge in [0.25, 0.3) is 11.8 Å². The van der Waals surface area contributed by atoms with Crippen molar-refractivity contribution in [1.29, 1.82) is 0 Å². The van der Waals surface area contributed by atoms with Crippen molar-refractivity contribution < 1.29 is 9.32 Å². The van der Waals surface area contributed by atoms with Crippen LogP contribution >= 0.6 is 11.6 Å². The van der Waals surface area contributed by atoms with Gasteiger partial charge in [-0.05, 0) is 49.6 Å². The van der Waals surface area contributed by atoms with E-state index in [-0.39, 0.29) is 5.91 Å². The first-order chi connectivity index (χ1) is 17.0. The number of hydrogen-bond acceptors (Lipinski definition) is 7. The second-order valence-corrected chi connectivity index (χ2v) is 9.45. The fourth-order valence-corrected chi connectivity index (χ4v) is 4.49. The van der Waals surface area contributed by atoms with Crippen molar-refractivity contribution in [2.24, 2.45) is 0 Å². The summed E-state index contributed by atoms with van der Waals surface area (Å²) in [5, 5.41) is 4.77. The van der Waals surface area contributed by atoms with E-state index < -0.39 is 0 Å². The van der Waals surface area contributed by atoms with E-state index in [1.54, 1.807) is 23.3 Å². The first-order valence-electron chi connectivity index (χ1n) is 11.7. The first kappa shape index (κ1) is 21.8. The Morgan fingerprint density at radius 1 is 1.09 bits per heavy atom. The van der Waals surface area contributed by atoms with Gasteiger partial charge in [0.2, 0.25) is 0 Å². The van der Waals surface area contributed by atoms with E-state index in [4.69, 9.17) is 16.1 Å². The molecule has 4 aromatic rings. The molecular formula is C25H24ClN7O2. The molecule has 0 bridgehead atoms. The molecule has 3 aromatic heterocycles. The lowest BCUT2D eigenvalue weighted by Gasteiger charge is -2.36. The molecule has 1 aliphatic heterocycles. The minimum atomic E-state index is -0.0821. The lowest BCUT2D eigenvalue weighted by atomic mass is 10.1. The summed E-state index contributed by atoms with van der Waals surface area (Å²) in [5.41, 5.74) is 3.45. The van der Waals surface area contributed by atoms with Crippen LogP contribution in [0.2, 0.25) is 5.02 Å². The number of hydrogen-bond donors (Lipinski definition) is 0. The van der Waals surface area contributed by atoms with E-state index in [1.165, 1.54) is 5.56 Å². The number of pyridine rings is 1. The Balaban J connectivity index is 1.11. The minimum absolute atomic E-state index is 0.0821. The predicted octanol–water partition coefficient (Wildman–Crippen LogP) is 4.12. The summed E-state index contributed by atoms with van der Waals surface area (Å²) in [6, 6.07) is 9.63. The van der Waals surface area contributed by atoms with Crippen LogP contribution in [0.15, 0.2) is 53.6 Å². The number of imidazole rings is 1. The van der Waals surface area contributed by atoms with E-state index in [9.17, 15) is 4.79 Å². The van der Waals surface area contributed by atoms with Gasteiger partial charge in [-0.1, -0.05) is 22.8 Å². The molecule has 0 N–H and O–H groups in total. The third kappa shape index (κ3) is 4.39. The number of nitrogens with zero attached hydrogens (tertiary/aromatic N) is 7. The number of amides is 1. The summed E-state index contributed by atoms with van der Waals surface area (Å²) in [5.74, 6) is 2.25. The molecule has 0 atom stereocenters. The van der Waals surface area contributed by atoms with E-state index in [2.05, 4.69) is 31.9 Å². The number of carbonyl (C=O) groups is 1. The fourth-order valence-electron chi connectivity index (χ4n) is 4.32. The van der Waals surface area contributed by atoms with Gasteiger partial charge in [-0.3, -0.25) is 9.36 Å². The summed E-state index contributed by atoms with van der Waals surface area (Å²) in [6.07, 6.45) is 7.26. The SMILES string of the molecule is Cc1ccc(Cl)cc1N1CCN(C(=O)c2cn(-c3ccc(-c4nc(C5CC5)no4)cn3)cn2)CC1. The maximum Gasteiger partial charge on any atom is 0.274 e. The molecule has 178 valence electrons. The van der Waals surface area contributed by atoms with Crippen LogP contribution in [0.3, 0.4) is 0 Å². The molecule has 0 radical (unpaired) electrons. The molecule has 1 saturated carbocycles. The van der Waals surface area contributed by atoms with Crippen LogP contribution in [0.4, 0.5) is 5.69 Å². The highest BCUT2D eigenvalue weighted by Crippen LogP contribution is 2.38. The van der Waals surface area contributed by atoms with E-state index in [1.807, 2.05) is 35.2 Å². The molecule has 1 aromatic carbocycles. The number of aromatic nitrogens is 5. The lowest BCUT2D eigenvalue weighted by molar-refractivity contribution is 0.0741. The normalized spacial score (nSPS) is 16.1. The summed E-state index contributed by atoms with van der Waals surface area (Å²) >= 11 is 6.18. The Hall–Kier alpha value is -3.72. The van der Waals surface area contributed by atoms with Gasteiger partial charge in [0, 0.05) is 55.2 Å². The highest BCUT2D eigenvalue weighted by Gasteiger charge is 2.29. The van der Waals surface area contributed by atoms with Crippen molar-refractivity contribution in [2.45, 2.75) is 25.7 Å². The van der Waals surface area contributed by atoms with Crippen LogP contribution < -0.4 is 4.90 Å². The number of rotatable bonds is 5. The Labute approximate surface area is 207 Å². The van der Waals surface area contributed by atoms with Gasteiger partial charge in [-0.2, -0.15) is 4.98 Å². The number of carbonyl (C=O) groups excluding carboxylic acids is 1. The molecule has 0 unspecified atom stereocenters. The van der Waals surface area contributed by atoms with Crippen molar-refractivity contribution in [3.8, 4) is 17.3 Å². The van der Waals surface area contributed by atoms with Crippen LogP contribution in [-0.4, -0.2) is 61.7 Å². The van der Waals surface area contributed by atoms with Crippen molar-refractivity contribution in [1.82, 2.24) is 29.6 Å². The zero-order valence-corrected chi connectivity index (χ0v) is 20.0. The number of benzene rings is 1. The number of piperazine rings is 1. The van der Waals surface area contributed by atoms with Crippen molar-refractivity contribution >= 4 is 23.2 Å². The van der Waals surface area contributed by atoms with Gasteiger partial charge >= 0.3 is 0 Å². The summed E-state index contributed by atoms with van der Waals surface area (Å²) in [7, 11) is 0. The van der Waals surface area contributed by atoms with E-state index in [0.29, 0.717) is 36.4 Å². The molecule has 0 spiro atoms. The zero-order valence-electron chi connectivity index (χ0n) is 19.3. The number of aryl methyl sites for hydroxylation is 1. The third-order valence-corrected chi connectivity index (χ3v) is 6.76. The standard InChI is InChI=1S/C25H24ClN7O2/c1-16-2-6-19(26)12-21(16)31-8-10-32(11-9-31)25(34)20-14-33(15-28-20)22-7-5-18(13-27-22)24-29-23(30-35-24)17-3-4-17/h2,5-7,12-15,17H,3-4,8-11H2,1H3. The molecule has 1 saturated heterocycles. The van der Waals surface area contributed by atoms with E-state index in [0.717, 1.165) is 48.0 Å². The molecular weight excluding hydrogens is 466 g/mol. The van der Waals surface area contributed by atoms with Crippen LogP contribution in [0, 0.1) is 6.92 Å². The van der Waals surface area contributed by atoms with Gasteiger partial charge in [0.1, 0.15) is 17.8 Å². The molecule has 1 amide bonds. The summed E-state index contributed by atoms with van der Waals surface area (Å²) in [6.45, 7) is 4.81. The Morgan fingerprint density at radius 2 is 1.91 bits per heavy atom. The molecule has 6 rings (SSSR count). The Kier molecular flexibility index (Phi) is 5.49. The summed E-state index contributed by atoms with van der Waals surface area (Å²) in [4.78, 5) is 30.5. The fraction of sp³-hybridized carbons (Fsp3) is 0.320. The molecule has 2 aliphatic rings. The zero-order chi connectivity index (χ0) is 23.9. The minimum Gasteiger partial charge on any atom is -0.368 e. The van der Waals surface area contributed by atoms with Gasteiger partial charge in [0.05, 0.1) is 5.56 Å². The topological polar surface area (TPSA) is 93.2 Å². The Morgan fingerprint density at radius 3 is 2.66 bits per heavy atom. The van der Waals surface area contributed by atoms with Gasteiger partial charge in [-0.25, -0.2) is 9.97 Å². The maximum absolute atomic E-state index is 13.1. The van der Waals surface area contributed by atoms with Crippen LogP contribution in [0.1, 0.15) is 40.6 Å². The number of halogens is 1. The van der Waals surface area contributed by atoms with Crippen molar-refractivity contribution in [3.63, 3.8) is 0 Å². The van der Waals surface area contributed by atoms with E-state index >= 15 is 0 Å². The largest absolute Gasteiger partial charge is 0.368 e. The third-order valence-electron chi connectivity index (χ3n) is 6.52. The van der Waals surface area contributed by atoms with Crippen molar-refractivity contribution in [2.75, 3.05) is 31.1 Å². The van der Waals surface area contributed by atoms with Crippen LogP contribution in [0.25, 0.3) is 17.3 Å². The van der Waals surface area contributed by atoms with Crippen molar-refractivity contribution in [3.05, 3.63) is 71.2 Å². The Bertz CT molecular complexity index is 1370. The second kappa shape index (κ2) is 8.81. The smallest absolute Gasteiger partial charge is 0.274 e. The molecule has 35 heavy (non-hydrogen) atoms. The van der Waals surface area contributed by atoms with Crippen LogP contribution in [-0.2, 0) is 0 Å². The molecule has 2 fully saturated rings. The first-order valence-corrected chi connectivity index (χ1v) is 12.1. The quantitative estimate of drug-likeness (QED) is 0.416. The molecule has 1 aliphatic carbocycles. The molecule has 4 heterocycles. The van der Waals surface area contributed by atoms with Gasteiger partial charge in [-0.15, -0.1) is 0 Å². The van der Waals surface area contributed by atoms with Crippen LogP contribution in [0.5, 0.6) is 0 Å². The highest BCUT2D eigenvalue weighted by atomic mass is 35.5. The maximum atomic E-state index is 13.1. The molecule has 9 nitrogen and oxygen atoms in total. The van der Waals surface area contributed by atoms with Gasteiger partial charge in [0.15, 0.2) is 5.82 Å². The number of anilines is 1.